The van der Waals surface area contributed by atoms with Gasteiger partial charge in [-0.05, 0) is 85.0 Å². The van der Waals surface area contributed by atoms with Crippen LogP contribution in [0.15, 0.2) is 91.1 Å². The monoisotopic (exact) mass is 881 g/mol. The average Bonchev–Trinajstić information content (AvgIpc) is 3.62. The van der Waals surface area contributed by atoms with Gasteiger partial charge in [-0.15, -0.1) is 35.7 Å². The molecule has 0 aliphatic rings. The van der Waals surface area contributed by atoms with Gasteiger partial charge in [-0.3, -0.25) is 4.68 Å². The smallest absolute Gasteiger partial charge is 0.509 e. The SMILES string of the molecule is CCCCc1cc(Oc2[c-]c3c(cc2)c2cc(C(C)CC(C)CCC)ccc2n3-c2cc(C)ccn2)[c-]c(-n2nc(C)c(-c3ccccc3)c2C)c1.[Pt+2]. The van der Waals surface area contributed by atoms with Gasteiger partial charge in [0.2, 0.25) is 0 Å². The molecule has 5 nitrogen and oxygen atoms in total. The van der Waals surface area contributed by atoms with Crippen LogP contribution in [0, 0.1) is 38.8 Å². The summed E-state index contributed by atoms with van der Waals surface area (Å²) in [7, 11) is 0. The fraction of sp³-hybridized carbons (Fsp3) is 0.319. The van der Waals surface area contributed by atoms with Gasteiger partial charge < -0.3 is 9.30 Å². The van der Waals surface area contributed by atoms with Crippen LogP contribution in [0.1, 0.15) is 93.8 Å². The number of ether oxygens (including phenoxy) is 1. The number of fused-ring (bicyclic) bond motifs is 3. The number of rotatable bonds is 13. The second-order valence-electron chi connectivity index (χ2n) is 14.7. The van der Waals surface area contributed by atoms with E-state index in [0.717, 1.165) is 75.3 Å². The maximum Gasteiger partial charge on any atom is 2.00 e. The molecule has 2 atom stereocenters. The van der Waals surface area contributed by atoms with E-state index in [1.807, 2.05) is 29.1 Å². The number of hydrogen-bond donors (Lipinski definition) is 0. The number of nitrogens with zero attached hydrogens (tertiary/aromatic N) is 4. The fourth-order valence-electron chi connectivity index (χ4n) is 7.84. The summed E-state index contributed by atoms with van der Waals surface area (Å²) in [6.45, 7) is 15.6. The van der Waals surface area contributed by atoms with Crippen molar-refractivity contribution in [2.45, 2.75) is 92.9 Å². The Morgan fingerprint density at radius 3 is 2.38 bits per heavy atom. The van der Waals surface area contributed by atoms with Crippen LogP contribution in [-0.4, -0.2) is 19.3 Å². The predicted octanol–water partition coefficient (Wildman–Crippen LogP) is 12.6. The molecule has 0 aliphatic carbocycles. The molecule has 3 heterocycles. The zero-order valence-electron chi connectivity index (χ0n) is 32.1. The molecule has 0 saturated heterocycles. The molecular weight excluding hydrogens is 832 g/mol. The molecule has 7 rings (SSSR count). The molecule has 0 spiro atoms. The largest absolute Gasteiger partial charge is 2.00 e. The van der Waals surface area contributed by atoms with Crippen molar-refractivity contribution in [1.82, 2.24) is 19.3 Å². The van der Waals surface area contributed by atoms with Gasteiger partial charge in [0.15, 0.2) is 0 Å². The van der Waals surface area contributed by atoms with Crippen molar-refractivity contribution < 1.29 is 25.8 Å². The van der Waals surface area contributed by atoms with Crippen molar-refractivity contribution in [3.63, 3.8) is 0 Å². The molecule has 4 aromatic carbocycles. The molecule has 2 unspecified atom stereocenters. The molecule has 0 amide bonds. The van der Waals surface area contributed by atoms with E-state index in [1.54, 1.807) is 0 Å². The van der Waals surface area contributed by atoms with E-state index in [1.165, 1.54) is 35.8 Å². The van der Waals surface area contributed by atoms with Crippen LogP contribution in [0.3, 0.4) is 0 Å². The molecule has 0 N–H and O–H groups in total. The molecule has 53 heavy (non-hydrogen) atoms. The zero-order chi connectivity index (χ0) is 36.4. The first-order valence-electron chi connectivity index (χ1n) is 19.0. The Morgan fingerprint density at radius 1 is 0.811 bits per heavy atom. The summed E-state index contributed by atoms with van der Waals surface area (Å²) in [5, 5.41) is 7.35. The van der Waals surface area contributed by atoms with Crippen LogP contribution in [-0.2, 0) is 27.5 Å². The average molecular weight is 882 g/mol. The third-order valence-electron chi connectivity index (χ3n) is 10.4. The van der Waals surface area contributed by atoms with E-state index in [2.05, 4.69) is 132 Å². The number of benzene rings is 4. The van der Waals surface area contributed by atoms with Gasteiger partial charge in [-0.1, -0.05) is 108 Å². The molecule has 0 saturated carbocycles. The summed E-state index contributed by atoms with van der Waals surface area (Å²) in [4.78, 5) is 4.82. The second-order valence-corrected chi connectivity index (χ2v) is 14.7. The van der Waals surface area contributed by atoms with Crippen LogP contribution in [0.2, 0.25) is 0 Å². The summed E-state index contributed by atoms with van der Waals surface area (Å²) in [6.07, 6.45) is 8.71. The molecule has 274 valence electrons. The maximum atomic E-state index is 6.68. The molecule has 0 radical (unpaired) electrons. The van der Waals surface area contributed by atoms with Crippen molar-refractivity contribution in [1.29, 1.82) is 0 Å². The van der Waals surface area contributed by atoms with Gasteiger partial charge in [-0.25, -0.2) is 4.98 Å². The van der Waals surface area contributed by atoms with E-state index < -0.39 is 0 Å². The predicted molar refractivity (Wildman–Crippen MR) is 215 cm³/mol. The molecule has 7 aromatic rings. The van der Waals surface area contributed by atoms with E-state index >= 15 is 0 Å². The van der Waals surface area contributed by atoms with Crippen molar-refractivity contribution in [3.05, 3.63) is 131 Å². The second kappa shape index (κ2) is 16.7. The van der Waals surface area contributed by atoms with Crippen molar-refractivity contribution in [2.24, 2.45) is 5.92 Å². The zero-order valence-corrected chi connectivity index (χ0v) is 34.3. The Morgan fingerprint density at radius 2 is 1.62 bits per heavy atom. The Labute approximate surface area is 329 Å². The van der Waals surface area contributed by atoms with E-state index in [-0.39, 0.29) is 21.1 Å². The molecule has 6 heteroatoms. The Kier molecular flexibility index (Phi) is 12.0. The van der Waals surface area contributed by atoms with Crippen molar-refractivity contribution in [2.75, 3.05) is 0 Å². The molecule has 0 fully saturated rings. The Hall–Kier alpha value is -4.47. The van der Waals surface area contributed by atoms with Crippen LogP contribution in [0.25, 0.3) is 44.4 Å². The normalized spacial score (nSPS) is 12.6. The van der Waals surface area contributed by atoms with Crippen LogP contribution in [0.5, 0.6) is 11.5 Å². The van der Waals surface area contributed by atoms with Crippen LogP contribution < -0.4 is 4.74 Å². The van der Waals surface area contributed by atoms with Gasteiger partial charge in [0.1, 0.15) is 5.82 Å². The van der Waals surface area contributed by atoms with Gasteiger partial charge in [-0.2, -0.15) is 16.7 Å². The van der Waals surface area contributed by atoms with Crippen molar-refractivity contribution in [3.8, 4) is 34.1 Å². The minimum absolute atomic E-state index is 0. The molecule has 0 bridgehead atoms. The number of aryl methyl sites for hydroxylation is 3. The van der Waals surface area contributed by atoms with E-state index in [0.29, 0.717) is 23.3 Å². The first kappa shape index (κ1) is 38.3. The van der Waals surface area contributed by atoms with Crippen LogP contribution in [0.4, 0.5) is 0 Å². The first-order valence-corrected chi connectivity index (χ1v) is 19.0. The molecule has 3 aromatic heterocycles. The molecular formula is C47H50N4OPt. The Bertz CT molecular complexity index is 2340. The van der Waals surface area contributed by atoms with Crippen molar-refractivity contribution >= 4 is 21.8 Å². The summed E-state index contributed by atoms with van der Waals surface area (Å²) < 4.78 is 10.9. The fourth-order valence-corrected chi connectivity index (χ4v) is 7.84. The topological polar surface area (TPSA) is 44.9 Å². The van der Waals surface area contributed by atoms with E-state index in [4.69, 9.17) is 14.8 Å². The van der Waals surface area contributed by atoms with Gasteiger partial charge >= 0.3 is 21.1 Å². The van der Waals surface area contributed by atoms with E-state index in [9.17, 15) is 0 Å². The number of aromatic nitrogens is 4. The minimum Gasteiger partial charge on any atom is -0.509 e. The molecule has 0 aliphatic heterocycles. The quantitative estimate of drug-likeness (QED) is 0.108. The van der Waals surface area contributed by atoms with Gasteiger partial charge in [0, 0.05) is 34.5 Å². The third-order valence-corrected chi connectivity index (χ3v) is 10.4. The maximum absolute atomic E-state index is 6.68. The summed E-state index contributed by atoms with van der Waals surface area (Å²) in [5.41, 5.74) is 11.1. The van der Waals surface area contributed by atoms with Gasteiger partial charge in [0.05, 0.1) is 5.69 Å². The standard InChI is InChI=1S/C47H50N4O.Pt/c1-8-10-15-36-26-39(51-35(7)47(34(6)49-51)37-16-12-11-13-17-37)29-41(27-36)52-40-19-20-42-43-28-38(33(5)24-31(3)14-9-2)18-21-44(43)50(45(42)30-40)46-25-32(4)22-23-48-46;/h11-13,16-23,25-28,31,33H,8-10,14-15,24H2,1-7H3;/q-2;+2. The third kappa shape index (κ3) is 8.06. The summed E-state index contributed by atoms with van der Waals surface area (Å²) >= 11 is 0. The summed E-state index contributed by atoms with van der Waals surface area (Å²) in [5.74, 6) is 3.34. The summed E-state index contributed by atoms with van der Waals surface area (Å²) in [6, 6.07) is 37.4. The van der Waals surface area contributed by atoms with Crippen LogP contribution >= 0.6 is 0 Å². The Balaban J connectivity index is 0.00000481. The number of pyridine rings is 1. The number of unbranched alkanes of at least 4 members (excludes halogenated alkanes) is 1. The van der Waals surface area contributed by atoms with Gasteiger partial charge in [0.25, 0.3) is 0 Å². The number of hydrogen-bond acceptors (Lipinski definition) is 3. The first-order chi connectivity index (χ1) is 25.2. The minimum atomic E-state index is 0.